The van der Waals surface area contributed by atoms with E-state index in [9.17, 15) is 19.2 Å². The molecule has 2 atom stereocenters. The molecule has 29 heavy (non-hydrogen) atoms. The van der Waals surface area contributed by atoms with E-state index in [1.807, 2.05) is 0 Å². The Bertz CT molecular complexity index is 888. The molecule has 1 aromatic heterocycles. The monoisotopic (exact) mass is 400 g/mol. The molecule has 0 unspecified atom stereocenters. The summed E-state index contributed by atoms with van der Waals surface area (Å²) in [4.78, 5) is 48.8. The molecule has 0 aliphatic carbocycles. The fourth-order valence-corrected chi connectivity index (χ4v) is 2.55. The molecule has 0 radical (unpaired) electrons. The normalized spacial score (nSPS) is 12.7. The minimum absolute atomic E-state index is 0.0649. The predicted molar refractivity (Wildman–Crippen MR) is 105 cm³/mol. The number of carbonyl (C=O) groups excluding carboxylic acids is 4. The van der Waals surface area contributed by atoms with Crippen molar-refractivity contribution in [1.29, 1.82) is 0 Å². The van der Waals surface area contributed by atoms with Crippen molar-refractivity contribution in [3.8, 4) is 0 Å². The topological polar surface area (TPSA) is 115 Å². The first-order chi connectivity index (χ1) is 13.7. The molecule has 0 bridgehead atoms. The number of benzene rings is 1. The lowest BCUT2D eigenvalue weighted by atomic mass is 10.0. The van der Waals surface area contributed by atoms with Crippen LogP contribution in [0.3, 0.4) is 0 Å². The highest BCUT2D eigenvalue weighted by molar-refractivity contribution is 6.05. The fourth-order valence-electron chi connectivity index (χ4n) is 2.55. The zero-order valence-electron chi connectivity index (χ0n) is 16.7. The summed E-state index contributed by atoms with van der Waals surface area (Å²) in [6.07, 6.45) is 0.215. The zero-order valence-corrected chi connectivity index (χ0v) is 16.7. The number of amides is 2. The lowest BCUT2D eigenvalue weighted by Crippen LogP contribution is -2.47. The molecule has 8 heteroatoms. The number of hydrogen-bond acceptors (Lipinski definition) is 6. The van der Waals surface area contributed by atoms with Crippen LogP contribution >= 0.6 is 0 Å². The molecule has 2 rings (SSSR count). The third-order valence-electron chi connectivity index (χ3n) is 4.18. The lowest BCUT2D eigenvalue weighted by molar-refractivity contribution is -0.156. The van der Waals surface area contributed by atoms with Gasteiger partial charge in [-0.05, 0) is 44.0 Å². The maximum Gasteiger partial charge on any atom is 0.329 e. The highest BCUT2D eigenvalue weighted by Gasteiger charge is 2.30. The highest BCUT2D eigenvalue weighted by atomic mass is 16.5. The van der Waals surface area contributed by atoms with Crippen LogP contribution < -0.4 is 10.6 Å². The number of ether oxygens (including phenoxy) is 1. The summed E-state index contributed by atoms with van der Waals surface area (Å²) < 4.78 is 10.3. The molecular formula is C21H24N2O6. The summed E-state index contributed by atoms with van der Waals surface area (Å²) in [5.74, 6) is -2.32. The Morgan fingerprint density at radius 1 is 1.00 bits per heavy atom. The SMILES string of the molecule is CC(=O)c1ccccc1NC(=O)[C@@H](C)OC(=O)[C@@H](NC(=O)c1ccco1)C(C)C. The van der Waals surface area contributed by atoms with Gasteiger partial charge in [0.2, 0.25) is 0 Å². The largest absolute Gasteiger partial charge is 0.459 e. The van der Waals surface area contributed by atoms with Gasteiger partial charge in [-0.1, -0.05) is 26.0 Å². The number of nitrogens with one attached hydrogen (secondary N) is 2. The third kappa shape index (κ3) is 5.78. The Balaban J connectivity index is 2.02. The average molecular weight is 400 g/mol. The van der Waals surface area contributed by atoms with Crippen LogP contribution in [-0.2, 0) is 14.3 Å². The number of furan rings is 1. The number of hydrogen-bond donors (Lipinski definition) is 2. The van der Waals surface area contributed by atoms with Gasteiger partial charge in [0.15, 0.2) is 17.6 Å². The van der Waals surface area contributed by atoms with Crippen molar-refractivity contribution in [3.63, 3.8) is 0 Å². The third-order valence-corrected chi connectivity index (χ3v) is 4.18. The second kappa shape index (κ2) is 9.68. The number of esters is 1. The molecule has 0 fully saturated rings. The van der Waals surface area contributed by atoms with Crippen molar-refractivity contribution in [2.24, 2.45) is 5.92 Å². The Labute approximate surface area is 168 Å². The number of anilines is 1. The summed E-state index contributed by atoms with van der Waals surface area (Å²) in [5, 5.41) is 5.14. The van der Waals surface area contributed by atoms with Crippen molar-refractivity contribution < 1.29 is 28.3 Å². The minimum atomic E-state index is -1.13. The van der Waals surface area contributed by atoms with Crippen molar-refractivity contribution in [2.75, 3.05) is 5.32 Å². The Kier molecular flexibility index (Phi) is 7.30. The van der Waals surface area contributed by atoms with E-state index in [1.165, 1.54) is 26.2 Å². The molecule has 2 aromatic rings. The standard InChI is InChI=1S/C21H24N2O6/c1-12(2)18(23-20(26)17-10-7-11-28-17)21(27)29-14(4)19(25)22-16-9-6-5-8-15(16)13(3)24/h5-12,14,18H,1-4H3,(H,22,25)(H,23,26)/t14-,18+/m1/s1. The molecule has 1 aromatic carbocycles. The molecule has 0 saturated carbocycles. The molecular weight excluding hydrogens is 376 g/mol. The molecule has 2 amide bonds. The van der Waals surface area contributed by atoms with Crippen molar-refractivity contribution >= 4 is 29.3 Å². The first kappa shape index (κ1) is 21.9. The van der Waals surface area contributed by atoms with E-state index in [-0.39, 0.29) is 17.5 Å². The molecule has 154 valence electrons. The van der Waals surface area contributed by atoms with E-state index in [0.717, 1.165) is 0 Å². The zero-order chi connectivity index (χ0) is 21.6. The highest BCUT2D eigenvalue weighted by Crippen LogP contribution is 2.16. The average Bonchev–Trinajstić information content (AvgIpc) is 3.20. The predicted octanol–water partition coefficient (Wildman–Crippen LogP) is 2.81. The van der Waals surface area contributed by atoms with Gasteiger partial charge in [-0.15, -0.1) is 0 Å². The van der Waals surface area contributed by atoms with Gasteiger partial charge in [-0.3, -0.25) is 14.4 Å². The van der Waals surface area contributed by atoms with Crippen molar-refractivity contribution in [2.45, 2.75) is 39.8 Å². The Hall–Kier alpha value is -3.42. The molecule has 0 aliphatic rings. The minimum Gasteiger partial charge on any atom is -0.459 e. The molecule has 0 saturated heterocycles. The second-order valence-corrected chi connectivity index (χ2v) is 6.84. The van der Waals surface area contributed by atoms with Crippen molar-refractivity contribution in [1.82, 2.24) is 5.32 Å². The number of Topliss-reactive ketones (excluding diaryl/α,β-unsaturated/α-hetero) is 1. The van der Waals surface area contributed by atoms with E-state index in [1.54, 1.807) is 44.2 Å². The van der Waals surface area contributed by atoms with Crippen LogP contribution in [0, 0.1) is 5.92 Å². The number of para-hydroxylation sites is 1. The Morgan fingerprint density at radius 2 is 1.69 bits per heavy atom. The second-order valence-electron chi connectivity index (χ2n) is 6.84. The van der Waals surface area contributed by atoms with Gasteiger partial charge >= 0.3 is 5.97 Å². The fraction of sp³-hybridized carbons (Fsp3) is 0.333. The van der Waals surface area contributed by atoms with Gasteiger partial charge in [0.1, 0.15) is 6.04 Å². The molecule has 0 aliphatic heterocycles. The van der Waals surface area contributed by atoms with Crippen LogP contribution in [0.1, 0.15) is 48.6 Å². The van der Waals surface area contributed by atoms with E-state index >= 15 is 0 Å². The molecule has 0 spiro atoms. The van der Waals surface area contributed by atoms with E-state index in [2.05, 4.69) is 10.6 Å². The maximum atomic E-state index is 12.5. The maximum absolute atomic E-state index is 12.5. The molecule has 8 nitrogen and oxygen atoms in total. The van der Waals surface area contributed by atoms with Gasteiger partial charge in [0.25, 0.3) is 11.8 Å². The van der Waals surface area contributed by atoms with E-state index in [0.29, 0.717) is 11.3 Å². The van der Waals surface area contributed by atoms with Crippen LogP contribution in [0.5, 0.6) is 0 Å². The summed E-state index contributed by atoms with van der Waals surface area (Å²) >= 11 is 0. The number of ketones is 1. The van der Waals surface area contributed by atoms with E-state index < -0.39 is 29.9 Å². The lowest BCUT2D eigenvalue weighted by Gasteiger charge is -2.22. The van der Waals surface area contributed by atoms with Crippen LogP contribution in [-0.4, -0.2) is 35.7 Å². The van der Waals surface area contributed by atoms with Crippen molar-refractivity contribution in [3.05, 3.63) is 54.0 Å². The van der Waals surface area contributed by atoms with Gasteiger partial charge < -0.3 is 19.8 Å². The number of rotatable bonds is 8. The van der Waals surface area contributed by atoms with E-state index in [4.69, 9.17) is 9.15 Å². The smallest absolute Gasteiger partial charge is 0.329 e. The molecule has 1 heterocycles. The van der Waals surface area contributed by atoms with Gasteiger partial charge in [0.05, 0.1) is 12.0 Å². The summed E-state index contributed by atoms with van der Waals surface area (Å²) in [6.45, 7) is 6.28. The first-order valence-corrected chi connectivity index (χ1v) is 9.16. The summed E-state index contributed by atoms with van der Waals surface area (Å²) in [5.41, 5.74) is 0.685. The van der Waals surface area contributed by atoms with Crippen LogP contribution in [0.15, 0.2) is 47.1 Å². The molecule has 2 N–H and O–H groups in total. The Morgan fingerprint density at radius 3 is 2.28 bits per heavy atom. The van der Waals surface area contributed by atoms with Gasteiger partial charge in [0, 0.05) is 5.56 Å². The summed E-state index contributed by atoms with van der Waals surface area (Å²) in [7, 11) is 0. The van der Waals surface area contributed by atoms with Gasteiger partial charge in [-0.2, -0.15) is 0 Å². The van der Waals surface area contributed by atoms with Gasteiger partial charge in [-0.25, -0.2) is 4.79 Å². The number of carbonyl (C=O) groups is 4. The first-order valence-electron chi connectivity index (χ1n) is 9.16. The summed E-state index contributed by atoms with van der Waals surface area (Å²) in [6, 6.07) is 8.61. The quantitative estimate of drug-likeness (QED) is 0.520. The van der Waals surface area contributed by atoms with Crippen LogP contribution in [0.2, 0.25) is 0 Å². The van der Waals surface area contributed by atoms with Crippen LogP contribution in [0.4, 0.5) is 5.69 Å². The van der Waals surface area contributed by atoms with Crippen LogP contribution in [0.25, 0.3) is 0 Å².